The zero-order valence-corrected chi connectivity index (χ0v) is 16.3. The number of benzene rings is 1. The highest BCUT2D eigenvalue weighted by molar-refractivity contribution is 7.90. The Morgan fingerprint density at radius 1 is 1.12 bits per heavy atom. The number of fused-ring (bicyclic) bond motifs is 1. The molecule has 0 bridgehead atoms. The van der Waals surface area contributed by atoms with Crippen molar-refractivity contribution in [3.8, 4) is 0 Å². The number of carbonyl (C=O) groups is 1. The lowest BCUT2D eigenvalue weighted by molar-refractivity contribution is -0.120. The number of hydrogen-bond acceptors (Lipinski definition) is 3. The summed E-state index contributed by atoms with van der Waals surface area (Å²) in [5.41, 5.74) is 1.83. The summed E-state index contributed by atoms with van der Waals surface area (Å²) >= 11 is 0. The van der Waals surface area contributed by atoms with Crippen molar-refractivity contribution in [2.24, 2.45) is 5.92 Å². The summed E-state index contributed by atoms with van der Waals surface area (Å²) in [5.74, 6) is -0.0654. The standard InChI is InChI=1S/C19H27N3O3S/c1-19(2,3)26(24,25)22-15-6-4-13(5-7-15)18(23)21-16-8-9-17-14(12-16)10-11-20-17/h8-13,15,20,22H,4-7H2,1-3H3,(H,21,23). The third kappa shape index (κ3) is 4.10. The van der Waals surface area contributed by atoms with E-state index in [4.69, 9.17) is 0 Å². The molecule has 3 N–H and O–H groups in total. The Labute approximate surface area is 154 Å². The summed E-state index contributed by atoms with van der Waals surface area (Å²) in [5, 5.41) is 4.05. The number of carbonyl (C=O) groups excluding carboxylic acids is 1. The van der Waals surface area contributed by atoms with Crippen LogP contribution >= 0.6 is 0 Å². The van der Waals surface area contributed by atoms with Crippen molar-refractivity contribution < 1.29 is 13.2 Å². The fourth-order valence-electron chi connectivity index (χ4n) is 3.25. The molecule has 1 fully saturated rings. The molecule has 6 nitrogen and oxygen atoms in total. The number of sulfonamides is 1. The quantitative estimate of drug-likeness (QED) is 0.763. The molecule has 7 heteroatoms. The van der Waals surface area contributed by atoms with Gasteiger partial charge in [0.1, 0.15) is 0 Å². The van der Waals surface area contributed by atoms with Gasteiger partial charge in [0.15, 0.2) is 0 Å². The summed E-state index contributed by atoms with van der Waals surface area (Å²) in [6.45, 7) is 5.07. The number of aromatic amines is 1. The maximum atomic E-state index is 12.5. The number of H-pyrrole nitrogens is 1. The van der Waals surface area contributed by atoms with Gasteiger partial charge in [0.25, 0.3) is 0 Å². The van der Waals surface area contributed by atoms with Gasteiger partial charge in [0.2, 0.25) is 15.9 Å². The zero-order valence-electron chi connectivity index (χ0n) is 15.5. The van der Waals surface area contributed by atoms with Crippen molar-refractivity contribution in [2.45, 2.75) is 57.2 Å². The molecule has 26 heavy (non-hydrogen) atoms. The molecule has 1 aliphatic carbocycles. The smallest absolute Gasteiger partial charge is 0.227 e. The molecule has 1 amide bonds. The molecule has 0 atom stereocenters. The van der Waals surface area contributed by atoms with Gasteiger partial charge in [0.05, 0.1) is 4.75 Å². The maximum absolute atomic E-state index is 12.5. The summed E-state index contributed by atoms with van der Waals surface area (Å²) < 4.78 is 26.5. The van der Waals surface area contributed by atoms with E-state index in [0.717, 1.165) is 16.6 Å². The van der Waals surface area contributed by atoms with E-state index < -0.39 is 14.8 Å². The minimum absolute atomic E-state index is 0.0111. The van der Waals surface area contributed by atoms with Gasteiger partial charge in [0, 0.05) is 34.7 Å². The lowest BCUT2D eigenvalue weighted by Gasteiger charge is -2.30. The van der Waals surface area contributed by atoms with Crippen LogP contribution in [-0.4, -0.2) is 30.1 Å². The van der Waals surface area contributed by atoms with Crippen molar-refractivity contribution in [1.29, 1.82) is 0 Å². The number of rotatable bonds is 4. The molecular formula is C19H27N3O3S. The van der Waals surface area contributed by atoms with E-state index in [1.807, 2.05) is 30.5 Å². The number of amides is 1. The number of hydrogen-bond donors (Lipinski definition) is 3. The third-order valence-corrected chi connectivity index (χ3v) is 7.30. The van der Waals surface area contributed by atoms with Crippen LogP contribution in [0.2, 0.25) is 0 Å². The maximum Gasteiger partial charge on any atom is 0.227 e. The topological polar surface area (TPSA) is 91.1 Å². The molecule has 0 radical (unpaired) electrons. The Balaban J connectivity index is 1.55. The van der Waals surface area contributed by atoms with Crippen molar-refractivity contribution in [1.82, 2.24) is 9.71 Å². The van der Waals surface area contributed by atoms with Crippen LogP contribution in [0.15, 0.2) is 30.5 Å². The molecule has 1 saturated carbocycles. The molecule has 0 unspecified atom stereocenters. The van der Waals surface area contributed by atoms with Crippen LogP contribution in [0.25, 0.3) is 10.9 Å². The molecule has 1 aromatic carbocycles. The first-order valence-corrected chi connectivity index (χ1v) is 10.5. The van der Waals surface area contributed by atoms with Gasteiger partial charge in [-0.1, -0.05) is 0 Å². The highest BCUT2D eigenvalue weighted by Gasteiger charge is 2.34. The van der Waals surface area contributed by atoms with Gasteiger partial charge < -0.3 is 10.3 Å². The van der Waals surface area contributed by atoms with Gasteiger partial charge >= 0.3 is 0 Å². The molecule has 2 aromatic rings. The molecular weight excluding hydrogens is 350 g/mol. The van der Waals surface area contributed by atoms with E-state index in [2.05, 4.69) is 15.0 Å². The van der Waals surface area contributed by atoms with Crippen molar-refractivity contribution in [2.75, 3.05) is 5.32 Å². The van der Waals surface area contributed by atoms with Crippen LogP contribution in [0, 0.1) is 5.92 Å². The summed E-state index contributed by atoms with van der Waals surface area (Å²) in [7, 11) is -3.35. The Morgan fingerprint density at radius 3 is 2.46 bits per heavy atom. The van der Waals surface area contributed by atoms with E-state index in [0.29, 0.717) is 25.7 Å². The van der Waals surface area contributed by atoms with Gasteiger partial charge in [-0.25, -0.2) is 13.1 Å². The predicted octanol–water partition coefficient (Wildman–Crippen LogP) is 3.38. The monoisotopic (exact) mass is 377 g/mol. The molecule has 0 spiro atoms. The molecule has 0 saturated heterocycles. The van der Waals surface area contributed by atoms with E-state index in [1.54, 1.807) is 20.8 Å². The number of anilines is 1. The van der Waals surface area contributed by atoms with Gasteiger partial charge in [-0.15, -0.1) is 0 Å². The lowest BCUT2D eigenvalue weighted by Crippen LogP contribution is -2.46. The Morgan fingerprint density at radius 2 is 1.81 bits per heavy atom. The highest BCUT2D eigenvalue weighted by atomic mass is 32.2. The van der Waals surface area contributed by atoms with E-state index in [1.165, 1.54) is 0 Å². The summed E-state index contributed by atoms with van der Waals surface area (Å²) in [4.78, 5) is 15.7. The second kappa shape index (κ2) is 7.04. The molecule has 142 valence electrons. The van der Waals surface area contributed by atoms with E-state index >= 15 is 0 Å². The average Bonchev–Trinajstić information content (AvgIpc) is 3.01. The van der Waals surface area contributed by atoms with Crippen molar-refractivity contribution >= 4 is 32.5 Å². The Kier molecular flexibility index (Phi) is 5.12. The van der Waals surface area contributed by atoms with Crippen LogP contribution in [0.1, 0.15) is 46.5 Å². The van der Waals surface area contributed by atoms with Crippen molar-refractivity contribution in [3.63, 3.8) is 0 Å². The fourth-order valence-corrected chi connectivity index (χ4v) is 4.27. The van der Waals surface area contributed by atoms with Gasteiger partial charge in [-0.3, -0.25) is 4.79 Å². The first-order valence-electron chi connectivity index (χ1n) is 9.05. The largest absolute Gasteiger partial charge is 0.361 e. The third-order valence-electron chi connectivity index (χ3n) is 5.05. The minimum atomic E-state index is -3.35. The van der Waals surface area contributed by atoms with Crippen LogP contribution in [-0.2, 0) is 14.8 Å². The second-order valence-corrected chi connectivity index (χ2v) is 10.5. The zero-order chi connectivity index (χ0) is 18.9. The van der Waals surface area contributed by atoms with Gasteiger partial charge in [-0.2, -0.15) is 0 Å². The normalized spacial score (nSPS) is 21.7. The molecule has 0 aliphatic heterocycles. The van der Waals surface area contributed by atoms with Crippen LogP contribution in [0.5, 0.6) is 0 Å². The van der Waals surface area contributed by atoms with Crippen LogP contribution in [0.3, 0.4) is 0 Å². The first kappa shape index (κ1) is 18.9. The first-order chi connectivity index (χ1) is 12.2. The average molecular weight is 378 g/mol. The molecule has 1 aliphatic rings. The summed E-state index contributed by atoms with van der Waals surface area (Å²) in [6, 6.07) is 7.67. The van der Waals surface area contributed by atoms with Crippen LogP contribution < -0.4 is 10.0 Å². The van der Waals surface area contributed by atoms with E-state index in [9.17, 15) is 13.2 Å². The molecule has 1 heterocycles. The van der Waals surface area contributed by atoms with E-state index in [-0.39, 0.29) is 17.9 Å². The van der Waals surface area contributed by atoms with Crippen LogP contribution in [0.4, 0.5) is 5.69 Å². The Bertz CT molecular complexity index is 888. The summed E-state index contributed by atoms with van der Waals surface area (Å²) in [6.07, 6.45) is 4.62. The van der Waals surface area contributed by atoms with Gasteiger partial charge in [-0.05, 0) is 70.7 Å². The number of nitrogens with one attached hydrogen (secondary N) is 3. The van der Waals surface area contributed by atoms with Crippen molar-refractivity contribution in [3.05, 3.63) is 30.5 Å². The fraction of sp³-hybridized carbons (Fsp3) is 0.526. The highest BCUT2D eigenvalue weighted by Crippen LogP contribution is 2.28. The lowest BCUT2D eigenvalue weighted by atomic mass is 9.86. The predicted molar refractivity (Wildman–Crippen MR) is 104 cm³/mol. The molecule has 3 rings (SSSR count). The number of aromatic nitrogens is 1. The minimum Gasteiger partial charge on any atom is -0.361 e. The molecule has 1 aromatic heterocycles. The SMILES string of the molecule is CC(C)(C)S(=O)(=O)NC1CCC(C(=O)Nc2ccc3[nH]ccc3c2)CC1. The second-order valence-electron chi connectivity index (χ2n) is 8.05. The Hall–Kier alpha value is -1.86.